The molecule has 2 heterocycles. The van der Waals surface area contributed by atoms with Crippen LogP contribution in [0.1, 0.15) is 34.3 Å². The number of pyridine rings is 1. The highest BCUT2D eigenvalue weighted by atomic mass is 32.1. The lowest BCUT2D eigenvalue weighted by molar-refractivity contribution is 0.102. The van der Waals surface area contributed by atoms with Gasteiger partial charge in [-0.05, 0) is 31.0 Å². The molecule has 1 amide bonds. The molecule has 0 saturated heterocycles. The highest BCUT2D eigenvalue weighted by molar-refractivity contribution is 7.16. The summed E-state index contributed by atoms with van der Waals surface area (Å²) in [6.45, 7) is 4.19. The van der Waals surface area contributed by atoms with E-state index in [0.29, 0.717) is 10.8 Å². The summed E-state index contributed by atoms with van der Waals surface area (Å²) in [6.07, 6.45) is 3.83. The number of nitrogens with one attached hydrogen (secondary N) is 1. The molecule has 0 radical (unpaired) electrons. The number of nitrogens with zero attached hydrogens (tertiary/aromatic N) is 2. The number of thiazole rings is 1. The van der Waals surface area contributed by atoms with E-state index in [0.717, 1.165) is 29.0 Å². The van der Waals surface area contributed by atoms with E-state index in [1.54, 1.807) is 24.4 Å². The average Bonchev–Trinajstić information content (AvgIpc) is 2.97. The summed E-state index contributed by atoms with van der Waals surface area (Å²) in [5, 5.41) is 3.42. The molecule has 0 saturated carbocycles. The first-order valence-corrected chi connectivity index (χ1v) is 8.78. The van der Waals surface area contributed by atoms with E-state index in [1.165, 1.54) is 16.9 Å². The molecule has 0 aliphatic heterocycles. The smallest absolute Gasteiger partial charge is 0.276 e. The molecule has 3 aromatic rings. The van der Waals surface area contributed by atoms with Crippen LogP contribution in [0.15, 0.2) is 48.7 Å². The van der Waals surface area contributed by atoms with Crippen LogP contribution in [0.5, 0.6) is 0 Å². The Morgan fingerprint density at radius 3 is 2.62 bits per heavy atom. The van der Waals surface area contributed by atoms with E-state index in [2.05, 4.69) is 46.5 Å². The molecule has 0 aliphatic carbocycles. The van der Waals surface area contributed by atoms with Gasteiger partial charge in [0, 0.05) is 16.6 Å². The molecule has 0 spiro atoms. The molecule has 0 aliphatic rings. The number of aromatic nitrogens is 2. The number of hydrogen-bond acceptors (Lipinski definition) is 4. The third kappa shape index (κ3) is 3.68. The van der Waals surface area contributed by atoms with Gasteiger partial charge in [0.1, 0.15) is 5.69 Å². The monoisotopic (exact) mass is 337 g/mol. The van der Waals surface area contributed by atoms with Crippen molar-refractivity contribution in [2.24, 2.45) is 0 Å². The standard InChI is InChI=1S/C19H19N3OS/c1-3-6-14-8-10-15(11-9-14)17-13(2)24-19(21-17)22-18(23)16-7-4-5-12-20-16/h4-5,7-12H,3,6H2,1-2H3,(H,21,22,23). The molecule has 0 unspecified atom stereocenters. The minimum Gasteiger partial charge on any atom is -0.296 e. The van der Waals surface area contributed by atoms with Crippen molar-refractivity contribution in [3.63, 3.8) is 0 Å². The van der Waals surface area contributed by atoms with Crippen LogP contribution in [-0.4, -0.2) is 15.9 Å². The molecule has 24 heavy (non-hydrogen) atoms. The van der Waals surface area contributed by atoms with Gasteiger partial charge in [0.2, 0.25) is 0 Å². The Balaban J connectivity index is 1.78. The highest BCUT2D eigenvalue weighted by Gasteiger charge is 2.13. The lowest BCUT2D eigenvalue weighted by Crippen LogP contribution is -2.13. The first-order valence-electron chi connectivity index (χ1n) is 7.96. The van der Waals surface area contributed by atoms with E-state index in [1.807, 2.05) is 6.92 Å². The van der Waals surface area contributed by atoms with E-state index < -0.39 is 0 Å². The van der Waals surface area contributed by atoms with Gasteiger partial charge >= 0.3 is 0 Å². The normalized spacial score (nSPS) is 10.6. The molecule has 4 nitrogen and oxygen atoms in total. The van der Waals surface area contributed by atoms with Gasteiger partial charge in [-0.15, -0.1) is 11.3 Å². The second kappa shape index (κ2) is 7.36. The Morgan fingerprint density at radius 2 is 1.96 bits per heavy atom. The summed E-state index contributed by atoms with van der Waals surface area (Å²) in [7, 11) is 0. The van der Waals surface area contributed by atoms with E-state index in [-0.39, 0.29) is 5.91 Å². The SMILES string of the molecule is CCCc1ccc(-c2nc(NC(=O)c3ccccn3)sc2C)cc1. The quantitative estimate of drug-likeness (QED) is 0.733. The van der Waals surface area contributed by atoms with Crippen molar-refractivity contribution in [2.45, 2.75) is 26.7 Å². The van der Waals surface area contributed by atoms with Crippen LogP contribution in [-0.2, 0) is 6.42 Å². The first-order chi connectivity index (χ1) is 11.7. The zero-order chi connectivity index (χ0) is 16.9. The fourth-order valence-corrected chi connectivity index (χ4v) is 3.32. The van der Waals surface area contributed by atoms with Crippen LogP contribution in [0, 0.1) is 6.92 Å². The van der Waals surface area contributed by atoms with Crippen molar-refractivity contribution < 1.29 is 4.79 Å². The highest BCUT2D eigenvalue weighted by Crippen LogP contribution is 2.30. The number of anilines is 1. The third-order valence-corrected chi connectivity index (χ3v) is 4.57. The second-order valence-electron chi connectivity index (χ2n) is 5.54. The van der Waals surface area contributed by atoms with Gasteiger partial charge in [-0.2, -0.15) is 0 Å². The van der Waals surface area contributed by atoms with Gasteiger partial charge in [0.25, 0.3) is 5.91 Å². The molecule has 0 bridgehead atoms. The average molecular weight is 337 g/mol. The van der Waals surface area contributed by atoms with Crippen molar-refractivity contribution in [1.29, 1.82) is 0 Å². The maximum atomic E-state index is 12.2. The maximum absolute atomic E-state index is 12.2. The topological polar surface area (TPSA) is 54.9 Å². The number of hydrogen-bond donors (Lipinski definition) is 1. The van der Waals surface area contributed by atoms with E-state index in [9.17, 15) is 4.79 Å². The molecule has 122 valence electrons. The Bertz CT molecular complexity index is 826. The van der Waals surface area contributed by atoms with Gasteiger partial charge < -0.3 is 0 Å². The fraction of sp³-hybridized carbons (Fsp3) is 0.211. The van der Waals surface area contributed by atoms with Gasteiger partial charge in [-0.25, -0.2) is 4.98 Å². The number of carbonyl (C=O) groups excluding carboxylic acids is 1. The molecular weight excluding hydrogens is 318 g/mol. The number of aryl methyl sites for hydroxylation is 2. The molecule has 1 N–H and O–H groups in total. The fourth-order valence-electron chi connectivity index (χ4n) is 2.49. The predicted octanol–water partition coefficient (Wildman–Crippen LogP) is 4.72. The van der Waals surface area contributed by atoms with Gasteiger partial charge in [-0.3, -0.25) is 15.1 Å². The Morgan fingerprint density at radius 1 is 1.17 bits per heavy atom. The van der Waals surface area contributed by atoms with Crippen molar-refractivity contribution in [2.75, 3.05) is 5.32 Å². The Labute approximate surface area is 145 Å². The van der Waals surface area contributed by atoms with Gasteiger partial charge in [0.05, 0.1) is 5.69 Å². The largest absolute Gasteiger partial charge is 0.296 e. The number of carbonyl (C=O) groups is 1. The molecule has 1 aromatic carbocycles. The summed E-state index contributed by atoms with van der Waals surface area (Å²) in [6, 6.07) is 13.7. The van der Waals surface area contributed by atoms with Gasteiger partial charge in [-0.1, -0.05) is 43.7 Å². The van der Waals surface area contributed by atoms with Crippen LogP contribution < -0.4 is 5.32 Å². The lowest BCUT2D eigenvalue weighted by atomic mass is 10.1. The van der Waals surface area contributed by atoms with Crippen molar-refractivity contribution >= 4 is 22.4 Å². The molecule has 0 fully saturated rings. The first kappa shape index (κ1) is 16.3. The van der Waals surface area contributed by atoms with Gasteiger partial charge in [0.15, 0.2) is 5.13 Å². The zero-order valence-electron chi connectivity index (χ0n) is 13.7. The van der Waals surface area contributed by atoms with E-state index >= 15 is 0 Å². The molecule has 2 aromatic heterocycles. The summed E-state index contributed by atoms with van der Waals surface area (Å²) >= 11 is 1.48. The number of benzene rings is 1. The molecule has 3 rings (SSSR count). The minimum absolute atomic E-state index is 0.241. The van der Waals surface area contributed by atoms with Crippen molar-refractivity contribution in [3.8, 4) is 11.3 Å². The molecular formula is C19H19N3OS. The second-order valence-corrected chi connectivity index (χ2v) is 6.74. The molecule has 5 heteroatoms. The van der Waals surface area contributed by atoms with Crippen LogP contribution >= 0.6 is 11.3 Å². The van der Waals surface area contributed by atoms with Crippen molar-refractivity contribution in [1.82, 2.24) is 9.97 Å². The zero-order valence-corrected chi connectivity index (χ0v) is 14.6. The molecule has 0 atom stereocenters. The third-order valence-electron chi connectivity index (χ3n) is 3.68. The van der Waals surface area contributed by atoms with Crippen LogP contribution in [0.4, 0.5) is 5.13 Å². The van der Waals surface area contributed by atoms with Crippen molar-refractivity contribution in [3.05, 3.63) is 64.8 Å². The van der Waals surface area contributed by atoms with Crippen LogP contribution in [0.25, 0.3) is 11.3 Å². The summed E-state index contributed by atoms with van der Waals surface area (Å²) in [5.41, 5.74) is 3.70. The van der Waals surface area contributed by atoms with Crippen LogP contribution in [0.3, 0.4) is 0 Å². The van der Waals surface area contributed by atoms with E-state index in [4.69, 9.17) is 0 Å². The predicted molar refractivity (Wildman–Crippen MR) is 98.5 cm³/mol. The lowest BCUT2D eigenvalue weighted by Gasteiger charge is -2.02. The Hall–Kier alpha value is -2.53. The van der Waals surface area contributed by atoms with Crippen LogP contribution in [0.2, 0.25) is 0 Å². The number of amides is 1. The minimum atomic E-state index is -0.241. The maximum Gasteiger partial charge on any atom is 0.276 e. The number of rotatable bonds is 5. The summed E-state index contributed by atoms with van der Waals surface area (Å²) in [4.78, 5) is 21.9. The summed E-state index contributed by atoms with van der Waals surface area (Å²) < 4.78 is 0. The Kier molecular flexibility index (Phi) is 5.01. The summed E-state index contributed by atoms with van der Waals surface area (Å²) in [5.74, 6) is -0.241.